The number of nitrogens with zero attached hydrogens (tertiary/aromatic N) is 3. The molecule has 2 aromatic heterocycles. The van der Waals surface area contributed by atoms with E-state index in [2.05, 4.69) is 56.1 Å². The molecule has 0 aliphatic carbocycles. The van der Waals surface area contributed by atoms with Gasteiger partial charge in [0.1, 0.15) is 12.4 Å². The summed E-state index contributed by atoms with van der Waals surface area (Å²) in [5.74, 6) is 0.00350. The van der Waals surface area contributed by atoms with Crippen LogP contribution in [0.1, 0.15) is 5.56 Å². The molecule has 0 spiro atoms. The summed E-state index contributed by atoms with van der Waals surface area (Å²) in [6, 6.07) is 8.16. The summed E-state index contributed by atoms with van der Waals surface area (Å²) < 4.78 is 4.31. The number of fused-ring (bicyclic) bond motifs is 1. The van der Waals surface area contributed by atoms with Crippen molar-refractivity contribution in [2.45, 2.75) is 0 Å². The zero-order valence-electron chi connectivity index (χ0n) is 11.5. The number of hydrazone groups is 1. The molecule has 0 bridgehead atoms. The number of aryl methyl sites for hydroxylation is 1. The zero-order chi connectivity index (χ0) is 14.8. The predicted molar refractivity (Wildman–Crippen MR) is 83.8 cm³/mol. The molecule has 0 aliphatic rings. The normalized spacial score (nSPS) is 11.3. The third-order valence-electron chi connectivity index (χ3n) is 3.16. The van der Waals surface area contributed by atoms with Gasteiger partial charge >= 0.3 is 4.96 Å². The lowest BCUT2D eigenvalue weighted by atomic mass is 10.1. The standard InChI is InChI=1S/C14H15N6S/c1-19-12(9-20-6-7-21-14(19)20)11-4-2-10(3-5-11)8-17-18-13(15)16/h2-9H,1H3,(H4,15,16,18)/q+1/p+1/b17-8-. The first kappa shape index (κ1) is 13.3. The van der Waals surface area contributed by atoms with E-state index in [1.165, 1.54) is 10.7 Å². The minimum absolute atomic E-state index is 0.00350. The van der Waals surface area contributed by atoms with Crippen LogP contribution in [0.3, 0.4) is 0 Å². The maximum atomic E-state index is 5.24. The second-order valence-electron chi connectivity index (χ2n) is 4.60. The highest BCUT2D eigenvalue weighted by Gasteiger charge is 2.16. The SMILES string of the molecule is Cn1c(-c2ccc(/C=[NH+]\N=C(N)N)cc2)c[n+]2ccsc12. The van der Waals surface area contributed by atoms with Crippen LogP contribution in [0.5, 0.6) is 0 Å². The summed E-state index contributed by atoms with van der Waals surface area (Å²) in [6.45, 7) is 0. The lowest BCUT2D eigenvalue weighted by Gasteiger charge is -1.97. The highest BCUT2D eigenvalue weighted by atomic mass is 32.1. The van der Waals surface area contributed by atoms with E-state index in [4.69, 9.17) is 11.5 Å². The fraction of sp³-hybridized carbons (Fsp3) is 0.0714. The van der Waals surface area contributed by atoms with Gasteiger partial charge in [-0.1, -0.05) is 11.3 Å². The molecule has 0 radical (unpaired) electrons. The molecule has 3 aromatic rings. The quantitative estimate of drug-likeness (QED) is 0.255. The van der Waals surface area contributed by atoms with Crippen molar-refractivity contribution in [2.75, 3.05) is 0 Å². The number of imidazole rings is 1. The lowest BCUT2D eigenvalue weighted by molar-refractivity contribution is -0.505. The molecule has 0 saturated heterocycles. The fourth-order valence-corrected chi connectivity index (χ4v) is 2.96. The van der Waals surface area contributed by atoms with Crippen LogP contribution < -0.4 is 21.0 Å². The fourth-order valence-electron chi connectivity index (χ4n) is 2.15. The van der Waals surface area contributed by atoms with Crippen molar-refractivity contribution in [3.8, 4) is 11.3 Å². The lowest BCUT2D eigenvalue weighted by Crippen LogP contribution is -2.63. The Labute approximate surface area is 125 Å². The third kappa shape index (κ3) is 2.63. The molecule has 0 unspecified atom stereocenters. The van der Waals surface area contributed by atoms with Gasteiger partial charge < -0.3 is 11.5 Å². The van der Waals surface area contributed by atoms with Gasteiger partial charge in [-0.2, -0.15) is 4.40 Å². The minimum atomic E-state index is 0.00350. The molecule has 2 heterocycles. The van der Waals surface area contributed by atoms with Crippen molar-refractivity contribution >= 4 is 28.5 Å². The van der Waals surface area contributed by atoms with Gasteiger partial charge in [-0.25, -0.2) is 4.57 Å². The number of hydrogen-bond acceptors (Lipinski definition) is 2. The Balaban J connectivity index is 1.90. The van der Waals surface area contributed by atoms with Crippen molar-refractivity contribution in [1.29, 1.82) is 0 Å². The average molecular weight is 300 g/mol. The van der Waals surface area contributed by atoms with E-state index in [1.54, 1.807) is 17.6 Å². The molecule has 0 saturated carbocycles. The highest BCUT2D eigenvalue weighted by molar-refractivity contribution is 7.14. The van der Waals surface area contributed by atoms with E-state index in [9.17, 15) is 0 Å². The summed E-state index contributed by atoms with van der Waals surface area (Å²) in [4.78, 5) is 1.20. The Morgan fingerprint density at radius 1 is 1.33 bits per heavy atom. The Morgan fingerprint density at radius 2 is 2.10 bits per heavy atom. The van der Waals surface area contributed by atoms with Crippen molar-refractivity contribution in [2.24, 2.45) is 23.6 Å². The van der Waals surface area contributed by atoms with Crippen LogP contribution in [0, 0.1) is 0 Å². The number of nitrogens with two attached hydrogens (primary N) is 2. The Hall–Kier alpha value is -2.67. The van der Waals surface area contributed by atoms with Crippen LogP contribution in [0.4, 0.5) is 0 Å². The van der Waals surface area contributed by atoms with Gasteiger partial charge in [0.15, 0.2) is 5.69 Å². The van der Waals surface area contributed by atoms with Crippen molar-refractivity contribution in [1.82, 2.24) is 4.57 Å². The van der Waals surface area contributed by atoms with Gasteiger partial charge in [-0.15, -0.1) is 5.10 Å². The molecule has 106 valence electrons. The molecule has 0 aliphatic heterocycles. The first-order chi connectivity index (χ1) is 10.1. The Bertz CT molecular complexity index is 821. The summed E-state index contributed by atoms with van der Waals surface area (Å²) >= 11 is 1.72. The van der Waals surface area contributed by atoms with Gasteiger partial charge in [0.05, 0.1) is 7.05 Å². The molecule has 0 atom stereocenters. The molecule has 0 amide bonds. The van der Waals surface area contributed by atoms with E-state index >= 15 is 0 Å². The van der Waals surface area contributed by atoms with Gasteiger partial charge in [0.25, 0.3) is 5.96 Å². The summed E-state index contributed by atoms with van der Waals surface area (Å²) in [5, 5.41) is 8.47. The van der Waals surface area contributed by atoms with Crippen LogP contribution >= 0.6 is 11.3 Å². The molecule has 6 nitrogen and oxygen atoms in total. The highest BCUT2D eigenvalue weighted by Crippen LogP contribution is 2.21. The minimum Gasteiger partial charge on any atom is -0.365 e. The Kier molecular flexibility index (Phi) is 3.41. The number of thiazole rings is 1. The van der Waals surface area contributed by atoms with E-state index in [-0.39, 0.29) is 5.96 Å². The van der Waals surface area contributed by atoms with Gasteiger partial charge in [-0.3, -0.25) is 0 Å². The predicted octanol–water partition coefficient (Wildman–Crippen LogP) is -0.820. The van der Waals surface area contributed by atoms with Crippen molar-refractivity contribution in [3.63, 3.8) is 0 Å². The maximum absolute atomic E-state index is 5.24. The average Bonchev–Trinajstić information content (AvgIpc) is 3.03. The second-order valence-corrected chi connectivity index (χ2v) is 5.47. The first-order valence-electron chi connectivity index (χ1n) is 6.37. The number of rotatable bonds is 3. The molecule has 7 heteroatoms. The number of guanidine groups is 1. The number of nitrogens with one attached hydrogen (secondary N) is 1. The Morgan fingerprint density at radius 3 is 2.76 bits per heavy atom. The third-order valence-corrected chi connectivity index (χ3v) is 4.11. The largest absolute Gasteiger partial charge is 0.365 e. The molecule has 0 fully saturated rings. The van der Waals surface area contributed by atoms with Crippen LogP contribution in [-0.4, -0.2) is 16.7 Å². The molecule has 21 heavy (non-hydrogen) atoms. The monoisotopic (exact) mass is 300 g/mol. The topological polar surface area (TPSA) is 87.4 Å². The molecular weight excluding hydrogens is 284 g/mol. The van der Waals surface area contributed by atoms with E-state index < -0.39 is 0 Å². The van der Waals surface area contributed by atoms with E-state index in [0.717, 1.165) is 11.1 Å². The first-order valence-corrected chi connectivity index (χ1v) is 7.25. The zero-order valence-corrected chi connectivity index (χ0v) is 12.3. The van der Waals surface area contributed by atoms with E-state index in [1.807, 2.05) is 12.1 Å². The van der Waals surface area contributed by atoms with Crippen LogP contribution in [0.25, 0.3) is 16.2 Å². The van der Waals surface area contributed by atoms with Crippen molar-refractivity contribution in [3.05, 3.63) is 47.6 Å². The number of aromatic nitrogens is 2. The summed E-state index contributed by atoms with van der Waals surface area (Å²) in [5.41, 5.74) is 13.8. The second kappa shape index (κ2) is 5.37. The van der Waals surface area contributed by atoms with Gasteiger partial charge in [-0.05, 0) is 24.3 Å². The van der Waals surface area contributed by atoms with Crippen LogP contribution in [0.2, 0.25) is 0 Å². The summed E-state index contributed by atoms with van der Waals surface area (Å²) in [7, 11) is 2.07. The molecule has 1 aromatic carbocycles. The van der Waals surface area contributed by atoms with Gasteiger partial charge in [0, 0.05) is 21.6 Å². The smallest absolute Gasteiger partial charge is 0.345 e. The van der Waals surface area contributed by atoms with Crippen LogP contribution in [-0.2, 0) is 7.05 Å². The maximum Gasteiger partial charge on any atom is 0.345 e. The van der Waals surface area contributed by atoms with Crippen LogP contribution in [0.15, 0.2) is 47.1 Å². The molecule has 5 N–H and O–H groups in total. The van der Waals surface area contributed by atoms with E-state index in [0.29, 0.717) is 0 Å². The summed E-state index contributed by atoms with van der Waals surface area (Å²) in [6.07, 6.45) is 5.93. The molecule has 3 rings (SSSR count). The van der Waals surface area contributed by atoms with Gasteiger partial charge in [0.2, 0.25) is 6.21 Å². The van der Waals surface area contributed by atoms with Crippen molar-refractivity contribution < 1.29 is 9.50 Å². The number of benzene rings is 1. The molecular formula is C14H16N6S+2. The number of hydrogen-bond donors (Lipinski definition) is 3.